The van der Waals surface area contributed by atoms with Gasteiger partial charge in [-0.2, -0.15) is 0 Å². The lowest BCUT2D eigenvalue weighted by Crippen LogP contribution is -2.22. The monoisotopic (exact) mass is 250 g/mol. The second-order valence-corrected chi connectivity index (χ2v) is 4.60. The van der Waals surface area contributed by atoms with Crippen LogP contribution >= 0.6 is 0 Å². The summed E-state index contributed by atoms with van der Waals surface area (Å²) in [5.41, 5.74) is 2.40. The first-order valence-electron chi connectivity index (χ1n) is 5.91. The van der Waals surface area contributed by atoms with Crippen LogP contribution in [0.25, 0.3) is 0 Å². The molecule has 3 heteroatoms. The normalized spacial score (nSPS) is 12.9. The molecule has 0 unspecified atom stereocenters. The summed E-state index contributed by atoms with van der Waals surface area (Å²) < 4.78 is 0. The first-order chi connectivity index (χ1) is 9.13. The van der Waals surface area contributed by atoms with Crippen molar-refractivity contribution in [2.75, 3.05) is 0 Å². The van der Waals surface area contributed by atoms with Crippen molar-refractivity contribution < 1.29 is 14.4 Å². The number of benzene rings is 2. The van der Waals surface area contributed by atoms with Gasteiger partial charge in [0.2, 0.25) is 0 Å². The van der Waals surface area contributed by atoms with Crippen LogP contribution in [-0.2, 0) is 0 Å². The average molecular weight is 250 g/mol. The van der Waals surface area contributed by atoms with Crippen molar-refractivity contribution >= 4 is 17.9 Å². The van der Waals surface area contributed by atoms with Gasteiger partial charge in [-0.1, -0.05) is 24.3 Å². The van der Waals surface area contributed by atoms with E-state index in [4.69, 9.17) is 0 Å². The molecule has 0 N–H and O–H groups in total. The lowest BCUT2D eigenvalue weighted by atomic mass is 9.81. The number of rotatable bonds is 1. The van der Waals surface area contributed by atoms with Gasteiger partial charge < -0.3 is 0 Å². The minimum atomic E-state index is -0.257. The van der Waals surface area contributed by atoms with Crippen molar-refractivity contribution in [1.82, 2.24) is 0 Å². The molecule has 19 heavy (non-hydrogen) atoms. The van der Waals surface area contributed by atoms with E-state index < -0.39 is 0 Å². The smallest absolute Gasteiger partial charge is 0.195 e. The number of hydrogen-bond acceptors (Lipinski definition) is 3. The summed E-state index contributed by atoms with van der Waals surface area (Å²) in [6.07, 6.45) is 0.630. The minimum Gasteiger partial charge on any atom is -0.298 e. The zero-order chi connectivity index (χ0) is 13.6. The number of fused-ring (bicyclic) bond motifs is 2. The van der Waals surface area contributed by atoms with Crippen molar-refractivity contribution in [2.24, 2.45) is 0 Å². The summed E-state index contributed by atoms with van der Waals surface area (Å²) in [6, 6.07) is 9.99. The highest BCUT2D eigenvalue weighted by molar-refractivity contribution is 6.30. The van der Waals surface area contributed by atoms with Gasteiger partial charge in [-0.25, -0.2) is 0 Å². The van der Waals surface area contributed by atoms with Crippen LogP contribution in [0.1, 0.15) is 47.8 Å². The largest absolute Gasteiger partial charge is 0.298 e. The van der Waals surface area contributed by atoms with Crippen LogP contribution < -0.4 is 0 Å². The maximum atomic E-state index is 12.4. The highest BCUT2D eigenvalue weighted by atomic mass is 16.1. The molecule has 92 valence electrons. The Labute approximate surface area is 109 Å². The van der Waals surface area contributed by atoms with Crippen LogP contribution in [0.5, 0.6) is 0 Å². The van der Waals surface area contributed by atoms with E-state index in [2.05, 4.69) is 0 Å². The van der Waals surface area contributed by atoms with Crippen LogP contribution in [0.2, 0.25) is 0 Å². The van der Waals surface area contributed by atoms with Gasteiger partial charge in [0.15, 0.2) is 17.9 Å². The second kappa shape index (κ2) is 3.99. The van der Waals surface area contributed by atoms with Gasteiger partial charge in [0, 0.05) is 27.8 Å². The standard InChI is InChI=1S/C16H10O3/c1-9-6-10(8-17)14-13(7-9)15(18)11-4-2-3-5-12(11)16(14)19/h2-8H,1H3. The van der Waals surface area contributed by atoms with E-state index in [0.717, 1.165) is 5.56 Å². The summed E-state index contributed by atoms with van der Waals surface area (Å²) in [5, 5.41) is 0. The SMILES string of the molecule is Cc1cc(C=O)c2c(c1)C(=O)c1ccccc1C2=O. The summed E-state index contributed by atoms with van der Waals surface area (Å²) in [7, 11) is 0. The third-order valence-electron chi connectivity index (χ3n) is 3.33. The molecule has 0 heterocycles. The molecule has 1 aliphatic carbocycles. The molecule has 0 aromatic heterocycles. The molecule has 0 atom stereocenters. The Balaban J connectivity index is 2.39. The Kier molecular flexibility index (Phi) is 2.42. The minimum absolute atomic E-state index is 0.197. The molecule has 0 amide bonds. The van der Waals surface area contributed by atoms with Gasteiger partial charge in [-0.3, -0.25) is 14.4 Å². The van der Waals surface area contributed by atoms with Crippen LogP contribution in [0.3, 0.4) is 0 Å². The topological polar surface area (TPSA) is 51.2 Å². The summed E-state index contributed by atoms with van der Waals surface area (Å²) >= 11 is 0. The fourth-order valence-corrected chi connectivity index (χ4v) is 2.50. The zero-order valence-corrected chi connectivity index (χ0v) is 10.3. The van der Waals surface area contributed by atoms with Gasteiger partial charge in [-0.15, -0.1) is 0 Å². The number of ketones is 2. The average Bonchev–Trinajstić information content (AvgIpc) is 2.43. The van der Waals surface area contributed by atoms with Crippen molar-refractivity contribution in [3.8, 4) is 0 Å². The quantitative estimate of drug-likeness (QED) is 0.624. The highest BCUT2D eigenvalue weighted by Crippen LogP contribution is 2.29. The maximum absolute atomic E-state index is 12.4. The van der Waals surface area contributed by atoms with Gasteiger partial charge in [0.1, 0.15) is 0 Å². The summed E-state index contributed by atoms with van der Waals surface area (Å²) in [4.78, 5) is 36.0. The van der Waals surface area contributed by atoms with Crippen LogP contribution in [0.4, 0.5) is 0 Å². The van der Waals surface area contributed by atoms with Crippen LogP contribution in [-0.4, -0.2) is 17.9 Å². The van der Waals surface area contributed by atoms with Gasteiger partial charge >= 0.3 is 0 Å². The maximum Gasteiger partial charge on any atom is 0.195 e. The van der Waals surface area contributed by atoms with Crippen molar-refractivity contribution in [3.05, 3.63) is 69.8 Å². The number of aldehydes is 1. The van der Waals surface area contributed by atoms with Gasteiger partial charge in [-0.05, 0) is 24.6 Å². The molecule has 3 rings (SSSR count). The first-order valence-corrected chi connectivity index (χ1v) is 5.91. The predicted molar refractivity (Wildman–Crippen MR) is 69.9 cm³/mol. The van der Waals surface area contributed by atoms with E-state index in [1.165, 1.54) is 0 Å². The molecule has 2 aromatic rings. The third kappa shape index (κ3) is 1.55. The van der Waals surface area contributed by atoms with E-state index in [0.29, 0.717) is 23.0 Å². The number of aryl methyl sites for hydroxylation is 1. The molecule has 2 aromatic carbocycles. The summed E-state index contributed by atoms with van der Waals surface area (Å²) in [6.45, 7) is 1.80. The molecule has 0 saturated heterocycles. The van der Waals surface area contributed by atoms with Crippen molar-refractivity contribution in [2.45, 2.75) is 6.92 Å². The lowest BCUT2D eigenvalue weighted by molar-refractivity contribution is 0.0976. The number of carbonyl (C=O) groups is 3. The molecule has 0 aliphatic heterocycles. The Bertz CT molecular complexity index is 742. The summed E-state index contributed by atoms with van der Waals surface area (Å²) in [5.74, 6) is -0.454. The van der Waals surface area contributed by atoms with Crippen molar-refractivity contribution in [1.29, 1.82) is 0 Å². The molecular weight excluding hydrogens is 240 g/mol. The molecule has 0 spiro atoms. The zero-order valence-electron chi connectivity index (χ0n) is 10.3. The Morgan fingerprint density at radius 1 is 0.895 bits per heavy atom. The molecule has 0 fully saturated rings. The number of carbonyl (C=O) groups excluding carboxylic acids is 3. The Morgan fingerprint density at radius 2 is 1.53 bits per heavy atom. The van der Waals surface area contributed by atoms with E-state index >= 15 is 0 Å². The molecule has 1 aliphatic rings. The molecule has 0 bridgehead atoms. The molecule has 0 saturated carbocycles. The number of hydrogen-bond donors (Lipinski definition) is 0. The third-order valence-corrected chi connectivity index (χ3v) is 3.33. The highest BCUT2D eigenvalue weighted by Gasteiger charge is 2.31. The van der Waals surface area contributed by atoms with Crippen LogP contribution in [0, 0.1) is 6.92 Å². The molecule has 3 nitrogen and oxygen atoms in total. The predicted octanol–water partition coefficient (Wildman–Crippen LogP) is 2.58. The van der Waals surface area contributed by atoms with E-state index in [-0.39, 0.29) is 22.7 Å². The second-order valence-electron chi connectivity index (χ2n) is 4.60. The molecular formula is C16H10O3. The van der Waals surface area contributed by atoms with Gasteiger partial charge in [0.05, 0.1) is 0 Å². The van der Waals surface area contributed by atoms with Crippen molar-refractivity contribution in [3.63, 3.8) is 0 Å². The van der Waals surface area contributed by atoms with E-state index in [1.807, 2.05) is 0 Å². The van der Waals surface area contributed by atoms with Crippen LogP contribution in [0.15, 0.2) is 36.4 Å². The van der Waals surface area contributed by atoms with Gasteiger partial charge in [0.25, 0.3) is 0 Å². The van der Waals surface area contributed by atoms with E-state index in [9.17, 15) is 14.4 Å². The molecule has 0 radical (unpaired) electrons. The fourth-order valence-electron chi connectivity index (χ4n) is 2.50. The Hall–Kier alpha value is -2.55. The fraction of sp³-hybridized carbons (Fsp3) is 0.0625. The Morgan fingerprint density at radius 3 is 2.16 bits per heavy atom. The van der Waals surface area contributed by atoms with E-state index in [1.54, 1.807) is 43.3 Å². The first kappa shape index (κ1) is 11.5. The lowest BCUT2D eigenvalue weighted by Gasteiger charge is -2.19.